The number of carbonyl (C=O) groups is 1. The number of nitrogens with zero attached hydrogens (tertiary/aromatic N) is 2. The Kier molecular flexibility index (Phi) is 3.42. The highest BCUT2D eigenvalue weighted by molar-refractivity contribution is 5.99. The van der Waals surface area contributed by atoms with Gasteiger partial charge in [-0.3, -0.25) is 4.79 Å². The summed E-state index contributed by atoms with van der Waals surface area (Å²) in [5, 5.41) is 6.35. The lowest BCUT2D eigenvalue weighted by Crippen LogP contribution is -2.26. The Bertz CT molecular complexity index is 538. The molecule has 0 bridgehead atoms. The van der Waals surface area contributed by atoms with Crippen molar-refractivity contribution in [3.8, 4) is 0 Å². The highest BCUT2D eigenvalue weighted by Gasteiger charge is 2.09. The van der Waals surface area contributed by atoms with Gasteiger partial charge in [0.2, 0.25) is 6.39 Å². The van der Waals surface area contributed by atoms with Crippen LogP contribution in [0.15, 0.2) is 29.1 Å². The summed E-state index contributed by atoms with van der Waals surface area (Å²) in [5.74, 6) is 0.288. The van der Waals surface area contributed by atoms with Gasteiger partial charge in [0, 0.05) is 24.3 Å². The molecule has 94 valence electrons. The van der Waals surface area contributed by atoms with Gasteiger partial charge in [-0.1, -0.05) is 5.16 Å². The zero-order valence-electron chi connectivity index (χ0n) is 9.59. The summed E-state index contributed by atoms with van der Waals surface area (Å²) in [7, 11) is 0. The van der Waals surface area contributed by atoms with Gasteiger partial charge >= 0.3 is 0 Å². The molecule has 0 aliphatic rings. The molecule has 1 heterocycles. The number of benzene rings is 1. The number of aromatic nitrogens is 2. The van der Waals surface area contributed by atoms with E-state index in [2.05, 4.69) is 20.0 Å². The fourth-order valence-corrected chi connectivity index (χ4v) is 1.47. The molecular weight excluding hydrogens is 234 g/mol. The lowest BCUT2D eigenvalue weighted by atomic mass is 10.1. The van der Waals surface area contributed by atoms with Crippen LogP contribution in [0.1, 0.15) is 16.2 Å². The molecular formula is C11H13N5O2. The molecule has 0 spiro atoms. The molecule has 0 fully saturated rings. The second-order valence-electron chi connectivity index (χ2n) is 3.70. The van der Waals surface area contributed by atoms with Crippen LogP contribution >= 0.6 is 0 Å². The van der Waals surface area contributed by atoms with Gasteiger partial charge < -0.3 is 21.3 Å². The van der Waals surface area contributed by atoms with E-state index in [4.69, 9.17) is 11.5 Å². The van der Waals surface area contributed by atoms with Crippen LogP contribution in [0.4, 0.5) is 11.4 Å². The number of nitrogens with two attached hydrogens (primary N) is 2. The third-order valence-corrected chi connectivity index (χ3v) is 2.36. The van der Waals surface area contributed by atoms with E-state index in [1.165, 1.54) is 6.39 Å². The van der Waals surface area contributed by atoms with Crippen LogP contribution in [0.3, 0.4) is 0 Å². The van der Waals surface area contributed by atoms with Crippen LogP contribution < -0.4 is 16.8 Å². The van der Waals surface area contributed by atoms with Crippen LogP contribution in [0.25, 0.3) is 0 Å². The Hall–Kier alpha value is -2.57. The van der Waals surface area contributed by atoms with Gasteiger partial charge in [-0.2, -0.15) is 4.98 Å². The number of nitrogen functional groups attached to an aromatic ring is 2. The van der Waals surface area contributed by atoms with Gasteiger partial charge in [0.25, 0.3) is 5.91 Å². The van der Waals surface area contributed by atoms with E-state index in [-0.39, 0.29) is 5.91 Å². The Balaban J connectivity index is 1.91. The first-order valence-corrected chi connectivity index (χ1v) is 5.35. The van der Waals surface area contributed by atoms with Crippen molar-refractivity contribution in [2.75, 3.05) is 18.0 Å². The van der Waals surface area contributed by atoms with E-state index in [0.29, 0.717) is 35.7 Å². The maximum Gasteiger partial charge on any atom is 0.253 e. The predicted octanol–water partition coefficient (Wildman–Crippen LogP) is 0.207. The van der Waals surface area contributed by atoms with Crippen molar-refractivity contribution < 1.29 is 9.32 Å². The van der Waals surface area contributed by atoms with E-state index >= 15 is 0 Å². The predicted molar refractivity (Wildman–Crippen MR) is 65.6 cm³/mol. The third-order valence-electron chi connectivity index (χ3n) is 2.36. The van der Waals surface area contributed by atoms with E-state index in [1.807, 2.05) is 0 Å². The quantitative estimate of drug-likeness (QED) is 0.664. The maximum absolute atomic E-state index is 11.8. The Morgan fingerprint density at radius 1 is 1.39 bits per heavy atom. The SMILES string of the molecule is Nc1ccc(C(=O)NCCc2ncon2)c(N)c1. The maximum atomic E-state index is 11.8. The lowest BCUT2D eigenvalue weighted by Gasteiger charge is -2.07. The molecule has 7 nitrogen and oxygen atoms in total. The number of hydrogen-bond acceptors (Lipinski definition) is 6. The van der Waals surface area contributed by atoms with Crippen LogP contribution in [0, 0.1) is 0 Å². The number of hydrogen-bond donors (Lipinski definition) is 3. The highest BCUT2D eigenvalue weighted by atomic mass is 16.5. The number of rotatable bonds is 4. The Labute approximate surface area is 103 Å². The Morgan fingerprint density at radius 2 is 2.22 bits per heavy atom. The van der Waals surface area contributed by atoms with Gasteiger partial charge in [-0.25, -0.2) is 0 Å². The minimum absolute atomic E-state index is 0.254. The number of amides is 1. The van der Waals surface area contributed by atoms with E-state index in [9.17, 15) is 4.79 Å². The molecule has 1 aromatic carbocycles. The number of carbonyl (C=O) groups excluding carboxylic acids is 1. The molecule has 0 unspecified atom stereocenters. The standard InChI is InChI=1S/C11H13N5O2/c12-7-1-2-8(9(13)5-7)11(17)14-4-3-10-15-6-18-16-10/h1-2,5-6H,3-4,12-13H2,(H,14,17). The van der Waals surface area contributed by atoms with Crippen LogP contribution in [-0.2, 0) is 6.42 Å². The van der Waals surface area contributed by atoms with Gasteiger partial charge in [0.1, 0.15) is 0 Å². The first kappa shape index (κ1) is 11.9. The van der Waals surface area contributed by atoms with Gasteiger partial charge in [0.05, 0.1) is 5.56 Å². The fourth-order valence-electron chi connectivity index (χ4n) is 1.47. The summed E-state index contributed by atoms with van der Waals surface area (Å²) in [6.07, 6.45) is 1.74. The smallest absolute Gasteiger partial charge is 0.253 e. The lowest BCUT2D eigenvalue weighted by molar-refractivity contribution is 0.0955. The largest absolute Gasteiger partial charge is 0.399 e. The van der Waals surface area contributed by atoms with E-state index < -0.39 is 0 Å². The van der Waals surface area contributed by atoms with Crippen molar-refractivity contribution >= 4 is 17.3 Å². The van der Waals surface area contributed by atoms with Crippen LogP contribution in [-0.4, -0.2) is 22.6 Å². The normalized spacial score (nSPS) is 10.2. The second kappa shape index (κ2) is 5.17. The second-order valence-corrected chi connectivity index (χ2v) is 3.70. The van der Waals surface area contributed by atoms with Gasteiger partial charge in [-0.05, 0) is 18.2 Å². The highest BCUT2D eigenvalue weighted by Crippen LogP contribution is 2.15. The molecule has 5 N–H and O–H groups in total. The molecule has 1 aromatic heterocycles. The van der Waals surface area contributed by atoms with Crippen LogP contribution in [0.2, 0.25) is 0 Å². The first-order valence-electron chi connectivity index (χ1n) is 5.35. The first-order chi connectivity index (χ1) is 8.66. The monoisotopic (exact) mass is 247 g/mol. The summed E-state index contributed by atoms with van der Waals surface area (Å²) in [4.78, 5) is 15.7. The molecule has 18 heavy (non-hydrogen) atoms. The average Bonchev–Trinajstić information content (AvgIpc) is 2.81. The third kappa shape index (κ3) is 2.76. The summed E-state index contributed by atoms with van der Waals surface area (Å²) in [6.45, 7) is 0.405. The molecule has 0 saturated carbocycles. The summed E-state index contributed by atoms with van der Waals surface area (Å²) >= 11 is 0. The molecule has 7 heteroatoms. The topological polar surface area (TPSA) is 120 Å². The molecule has 0 saturated heterocycles. The summed E-state index contributed by atoms with van der Waals surface area (Å²) in [6, 6.07) is 4.77. The summed E-state index contributed by atoms with van der Waals surface area (Å²) < 4.78 is 4.58. The molecule has 0 aliphatic heterocycles. The zero-order chi connectivity index (χ0) is 13.0. The van der Waals surface area contributed by atoms with Crippen molar-refractivity contribution in [1.29, 1.82) is 0 Å². The molecule has 0 radical (unpaired) electrons. The van der Waals surface area contributed by atoms with E-state index in [1.54, 1.807) is 18.2 Å². The minimum Gasteiger partial charge on any atom is -0.399 e. The molecule has 2 aromatic rings. The van der Waals surface area contributed by atoms with Crippen molar-refractivity contribution in [1.82, 2.24) is 15.5 Å². The van der Waals surface area contributed by atoms with Crippen molar-refractivity contribution in [2.24, 2.45) is 0 Å². The molecule has 0 aliphatic carbocycles. The fraction of sp³-hybridized carbons (Fsp3) is 0.182. The number of nitrogens with one attached hydrogen (secondary N) is 1. The average molecular weight is 247 g/mol. The van der Waals surface area contributed by atoms with Crippen molar-refractivity contribution in [3.05, 3.63) is 36.0 Å². The Morgan fingerprint density at radius 3 is 2.89 bits per heavy atom. The van der Waals surface area contributed by atoms with E-state index in [0.717, 1.165) is 0 Å². The molecule has 2 rings (SSSR count). The molecule has 0 atom stereocenters. The van der Waals surface area contributed by atoms with Gasteiger partial charge in [0.15, 0.2) is 5.82 Å². The van der Waals surface area contributed by atoms with Crippen LogP contribution in [0.5, 0.6) is 0 Å². The van der Waals surface area contributed by atoms with Crippen molar-refractivity contribution in [2.45, 2.75) is 6.42 Å². The summed E-state index contributed by atoms with van der Waals surface area (Å²) in [5.41, 5.74) is 12.5. The van der Waals surface area contributed by atoms with Gasteiger partial charge in [-0.15, -0.1) is 0 Å². The zero-order valence-corrected chi connectivity index (χ0v) is 9.59. The minimum atomic E-state index is -0.254. The number of anilines is 2. The van der Waals surface area contributed by atoms with Crippen molar-refractivity contribution in [3.63, 3.8) is 0 Å². The molecule has 1 amide bonds.